The van der Waals surface area contributed by atoms with E-state index in [1.54, 1.807) is 19.3 Å². The minimum Gasteiger partial charge on any atom is -0.503 e. The number of hydrogen-bond donors (Lipinski definition) is 3. The van der Waals surface area contributed by atoms with E-state index < -0.39 is 22.6 Å². The van der Waals surface area contributed by atoms with E-state index in [2.05, 4.69) is 20.7 Å². The molecule has 1 aliphatic carbocycles. The first-order chi connectivity index (χ1) is 14.9. The number of fused-ring (bicyclic) bond motifs is 1. The van der Waals surface area contributed by atoms with Crippen LogP contribution in [0.3, 0.4) is 0 Å². The summed E-state index contributed by atoms with van der Waals surface area (Å²) in [5, 5.41) is 20.1. The molecule has 10 heteroatoms. The topological polar surface area (TPSA) is 131 Å². The van der Waals surface area contributed by atoms with E-state index in [1.807, 2.05) is 16.8 Å². The van der Waals surface area contributed by atoms with Crippen LogP contribution < -0.4 is 16.1 Å². The van der Waals surface area contributed by atoms with Gasteiger partial charge in [0, 0.05) is 31.9 Å². The summed E-state index contributed by atoms with van der Waals surface area (Å²) < 4.78 is 3.44. The number of aromatic nitrogens is 4. The number of carbonyl (C=O) groups excluding carboxylic acids is 2. The monoisotopic (exact) mass is 424 g/mol. The van der Waals surface area contributed by atoms with Crippen molar-refractivity contribution in [3.05, 3.63) is 52.2 Å². The zero-order chi connectivity index (χ0) is 22.2. The number of aromatic hydroxyl groups is 1. The first kappa shape index (κ1) is 20.6. The molecular weight excluding hydrogens is 400 g/mol. The fraction of sp³-hybridized carbons (Fsp3) is 0.381. The van der Waals surface area contributed by atoms with Crippen LogP contribution in [0.4, 0.5) is 0 Å². The Morgan fingerprint density at radius 3 is 2.55 bits per heavy atom. The summed E-state index contributed by atoms with van der Waals surface area (Å²) in [5.74, 6) is -1.40. The molecular formula is C21H24N6O4. The SMILES string of the molecule is CNC(=O)c1nn(CC2(n3cc(C(=O)NC)c4cccnc43)CCCC2)cc(O)c1=O. The average molecular weight is 424 g/mol. The molecule has 3 aromatic rings. The molecule has 3 heterocycles. The maximum absolute atomic E-state index is 12.5. The molecule has 10 nitrogen and oxygen atoms in total. The molecule has 2 amide bonds. The van der Waals surface area contributed by atoms with Gasteiger partial charge < -0.3 is 20.3 Å². The molecule has 0 bridgehead atoms. The van der Waals surface area contributed by atoms with Crippen molar-refractivity contribution in [2.24, 2.45) is 0 Å². The highest BCUT2D eigenvalue weighted by Gasteiger charge is 2.38. The smallest absolute Gasteiger partial charge is 0.275 e. The van der Waals surface area contributed by atoms with Gasteiger partial charge in [0.25, 0.3) is 17.2 Å². The molecule has 0 aliphatic heterocycles. The van der Waals surface area contributed by atoms with E-state index in [9.17, 15) is 19.5 Å². The van der Waals surface area contributed by atoms with E-state index in [0.717, 1.165) is 31.1 Å². The summed E-state index contributed by atoms with van der Waals surface area (Å²) in [6, 6.07) is 3.65. The van der Waals surface area contributed by atoms with Gasteiger partial charge in [0.2, 0.25) is 0 Å². The Labute approximate surface area is 177 Å². The van der Waals surface area contributed by atoms with Gasteiger partial charge in [0.15, 0.2) is 11.4 Å². The zero-order valence-corrected chi connectivity index (χ0v) is 17.4. The highest BCUT2D eigenvalue weighted by molar-refractivity contribution is 6.06. The Kier molecular flexibility index (Phi) is 5.22. The predicted molar refractivity (Wildman–Crippen MR) is 113 cm³/mol. The van der Waals surface area contributed by atoms with E-state index in [4.69, 9.17) is 0 Å². The first-order valence-corrected chi connectivity index (χ1v) is 10.1. The fourth-order valence-corrected chi connectivity index (χ4v) is 4.42. The van der Waals surface area contributed by atoms with E-state index in [-0.39, 0.29) is 11.6 Å². The molecule has 3 aromatic heterocycles. The minimum atomic E-state index is -0.814. The van der Waals surface area contributed by atoms with Crippen molar-refractivity contribution in [3.8, 4) is 5.75 Å². The van der Waals surface area contributed by atoms with Gasteiger partial charge in [-0.3, -0.25) is 19.1 Å². The fourth-order valence-electron chi connectivity index (χ4n) is 4.42. The second-order valence-electron chi connectivity index (χ2n) is 7.77. The normalized spacial score (nSPS) is 15.2. The van der Waals surface area contributed by atoms with Crippen molar-refractivity contribution < 1.29 is 14.7 Å². The van der Waals surface area contributed by atoms with Crippen LogP contribution in [0, 0.1) is 0 Å². The summed E-state index contributed by atoms with van der Waals surface area (Å²) in [4.78, 5) is 41.2. The molecule has 31 heavy (non-hydrogen) atoms. The highest BCUT2D eigenvalue weighted by Crippen LogP contribution is 2.41. The maximum Gasteiger partial charge on any atom is 0.275 e. The number of amides is 2. The Balaban J connectivity index is 1.86. The van der Waals surface area contributed by atoms with Crippen molar-refractivity contribution in [1.82, 2.24) is 30.0 Å². The van der Waals surface area contributed by atoms with E-state index >= 15 is 0 Å². The maximum atomic E-state index is 12.5. The van der Waals surface area contributed by atoms with Gasteiger partial charge in [-0.15, -0.1) is 0 Å². The Morgan fingerprint density at radius 1 is 1.16 bits per heavy atom. The third-order valence-corrected chi connectivity index (χ3v) is 5.93. The second-order valence-corrected chi connectivity index (χ2v) is 7.77. The van der Waals surface area contributed by atoms with Crippen molar-refractivity contribution in [2.45, 2.75) is 37.8 Å². The Hall–Kier alpha value is -3.69. The van der Waals surface area contributed by atoms with Crippen molar-refractivity contribution in [3.63, 3.8) is 0 Å². The van der Waals surface area contributed by atoms with Crippen LogP contribution >= 0.6 is 0 Å². The summed E-state index contributed by atoms with van der Waals surface area (Å²) in [6.07, 6.45) is 8.27. The van der Waals surface area contributed by atoms with Gasteiger partial charge in [-0.2, -0.15) is 5.10 Å². The van der Waals surface area contributed by atoms with Crippen LogP contribution in [-0.4, -0.2) is 50.3 Å². The standard InChI is InChI=1S/C21H24N6O4/c1-22-19(30)14-10-27(18-13(14)6-5-9-24-18)21(7-3-4-8-21)12-26-11-15(28)17(29)16(25-26)20(31)23-2/h5-6,9-11,28H,3-4,7-8,12H2,1-2H3,(H,22,30)(H,23,31). The lowest BCUT2D eigenvalue weighted by atomic mass is 9.97. The molecule has 4 rings (SSSR count). The van der Waals surface area contributed by atoms with E-state index in [0.29, 0.717) is 17.8 Å². The van der Waals surface area contributed by atoms with Crippen LogP contribution in [0.5, 0.6) is 5.75 Å². The molecule has 1 saturated carbocycles. The molecule has 1 aliphatic rings. The molecule has 0 radical (unpaired) electrons. The van der Waals surface area contributed by atoms with Gasteiger partial charge in [0.05, 0.1) is 23.8 Å². The van der Waals surface area contributed by atoms with Crippen molar-refractivity contribution in [2.75, 3.05) is 14.1 Å². The van der Waals surface area contributed by atoms with Gasteiger partial charge in [-0.1, -0.05) is 12.8 Å². The number of nitrogens with one attached hydrogen (secondary N) is 2. The van der Waals surface area contributed by atoms with Gasteiger partial charge in [-0.05, 0) is 25.0 Å². The molecule has 0 saturated heterocycles. The van der Waals surface area contributed by atoms with Crippen molar-refractivity contribution in [1.29, 1.82) is 0 Å². The second kappa shape index (κ2) is 7.86. The quantitative estimate of drug-likeness (QED) is 0.560. The van der Waals surface area contributed by atoms with Crippen LogP contribution in [0.1, 0.15) is 46.5 Å². The van der Waals surface area contributed by atoms with Gasteiger partial charge >= 0.3 is 0 Å². The summed E-state index contributed by atoms with van der Waals surface area (Å²) in [7, 11) is 2.98. The lowest BCUT2D eigenvalue weighted by Gasteiger charge is -2.32. The number of rotatable bonds is 5. The largest absolute Gasteiger partial charge is 0.503 e. The summed E-state index contributed by atoms with van der Waals surface area (Å²) in [5.41, 5.74) is -0.450. The van der Waals surface area contributed by atoms with Crippen LogP contribution in [0.15, 0.2) is 35.5 Å². The van der Waals surface area contributed by atoms with Gasteiger partial charge in [0.1, 0.15) is 5.65 Å². The van der Waals surface area contributed by atoms with Crippen molar-refractivity contribution >= 4 is 22.8 Å². The zero-order valence-electron chi connectivity index (χ0n) is 17.4. The molecule has 0 atom stereocenters. The third-order valence-electron chi connectivity index (χ3n) is 5.93. The van der Waals surface area contributed by atoms with Crippen LogP contribution in [0.2, 0.25) is 0 Å². The Morgan fingerprint density at radius 2 is 1.87 bits per heavy atom. The molecule has 1 fully saturated rings. The molecule has 0 aromatic carbocycles. The Bertz CT molecular complexity index is 1220. The summed E-state index contributed by atoms with van der Waals surface area (Å²) in [6.45, 7) is 0.304. The van der Waals surface area contributed by atoms with E-state index in [1.165, 1.54) is 17.9 Å². The number of nitrogens with zero attached hydrogens (tertiary/aromatic N) is 4. The molecule has 3 N–H and O–H groups in total. The summed E-state index contributed by atoms with van der Waals surface area (Å²) >= 11 is 0. The predicted octanol–water partition coefficient (Wildman–Crippen LogP) is 0.987. The minimum absolute atomic E-state index is 0.203. The first-order valence-electron chi connectivity index (χ1n) is 10.1. The number of hydrogen-bond acceptors (Lipinski definition) is 6. The van der Waals surface area contributed by atoms with Crippen LogP contribution in [-0.2, 0) is 12.1 Å². The lowest BCUT2D eigenvalue weighted by molar-refractivity contribution is 0.0947. The third kappa shape index (κ3) is 3.43. The van der Waals surface area contributed by atoms with Gasteiger partial charge in [-0.25, -0.2) is 4.98 Å². The highest BCUT2D eigenvalue weighted by atomic mass is 16.3. The lowest BCUT2D eigenvalue weighted by Crippen LogP contribution is -2.37. The van der Waals surface area contributed by atoms with Crippen LogP contribution in [0.25, 0.3) is 11.0 Å². The molecule has 162 valence electrons. The number of pyridine rings is 1. The average Bonchev–Trinajstić information content (AvgIpc) is 3.40. The molecule has 0 unspecified atom stereocenters. The molecule has 0 spiro atoms. The number of carbonyl (C=O) groups is 2.